The van der Waals surface area contributed by atoms with E-state index in [-0.39, 0.29) is 18.4 Å². The zero-order chi connectivity index (χ0) is 21.9. The molecule has 0 radical (unpaired) electrons. The highest BCUT2D eigenvalue weighted by atomic mass is 19.3. The average molecular weight is 430 g/mol. The van der Waals surface area contributed by atoms with E-state index in [1.165, 1.54) is 0 Å². The molecule has 2 aromatic carbocycles. The molecule has 1 heterocycles. The number of rotatable bonds is 7. The highest BCUT2D eigenvalue weighted by Gasteiger charge is 2.39. The molecule has 1 aromatic heterocycles. The molecule has 158 valence electrons. The fourth-order valence-electron chi connectivity index (χ4n) is 2.63. The van der Waals surface area contributed by atoms with E-state index >= 15 is 0 Å². The van der Waals surface area contributed by atoms with E-state index in [2.05, 4.69) is 14.7 Å². The maximum absolute atomic E-state index is 14.3. The van der Waals surface area contributed by atoms with Gasteiger partial charge in [0, 0.05) is 24.5 Å². The number of aromatic nitrogens is 2. The minimum absolute atomic E-state index is 0.179. The molecule has 0 aliphatic rings. The summed E-state index contributed by atoms with van der Waals surface area (Å²) in [5.74, 6) is -7.12. The molecule has 3 rings (SSSR count). The summed E-state index contributed by atoms with van der Waals surface area (Å²) in [6.45, 7) is -0.585. The van der Waals surface area contributed by atoms with Gasteiger partial charge < -0.3 is 4.74 Å². The van der Waals surface area contributed by atoms with Crippen molar-refractivity contribution >= 4 is 0 Å². The van der Waals surface area contributed by atoms with Crippen molar-refractivity contribution in [3.8, 4) is 16.9 Å². The standard InChI is InChI=1S/C20H13F7N2O/c21-5-1-2-11-9-28-19(29-10-11)20(26,27)30-13-7-16(24)18(17(25)8-13)12-3-4-14(22)15(23)6-12/h3-4,6-10H,1-2,5H2. The Balaban J connectivity index is 1.85. The van der Waals surface area contributed by atoms with Crippen LogP contribution >= 0.6 is 0 Å². The summed E-state index contributed by atoms with van der Waals surface area (Å²) in [6.07, 6.45) is -1.55. The third-order valence-electron chi connectivity index (χ3n) is 4.03. The molecule has 3 nitrogen and oxygen atoms in total. The van der Waals surface area contributed by atoms with Crippen LogP contribution < -0.4 is 4.74 Å². The van der Waals surface area contributed by atoms with Crippen LogP contribution in [0.1, 0.15) is 17.8 Å². The number of halogens is 7. The summed E-state index contributed by atoms with van der Waals surface area (Å²) in [6, 6.07) is 3.14. The van der Waals surface area contributed by atoms with Gasteiger partial charge in [0.1, 0.15) is 17.4 Å². The van der Waals surface area contributed by atoms with Crippen LogP contribution in [0.4, 0.5) is 30.7 Å². The zero-order valence-corrected chi connectivity index (χ0v) is 15.1. The molecule has 0 aliphatic carbocycles. The van der Waals surface area contributed by atoms with E-state index in [1.54, 1.807) is 0 Å². The van der Waals surface area contributed by atoms with Gasteiger partial charge in [-0.15, -0.1) is 0 Å². The van der Waals surface area contributed by atoms with E-state index in [4.69, 9.17) is 0 Å². The summed E-state index contributed by atoms with van der Waals surface area (Å²) in [7, 11) is 0. The molecule has 0 unspecified atom stereocenters. The minimum atomic E-state index is -4.12. The van der Waals surface area contributed by atoms with Gasteiger partial charge in [0.05, 0.1) is 12.2 Å². The van der Waals surface area contributed by atoms with Crippen molar-refractivity contribution in [1.82, 2.24) is 9.97 Å². The SMILES string of the molecule is FCCCc1cnc(C(F)(F)Oc2cc(F)c(-c3ccc(F)c(F)c3)c(F)c2)nc1. The van der Waals surface area contributed by atoms with Crippen LogP contribution in [0.3, 0.4) is 0 Å². The fourth-order valence-corrected chi connectivity index (χ4v) is 2.63. The molecule has 0 N–H and O–H groups in total. The van der Waals surface area contributed by atoms with Gasteiger partial charge in [-0.05, 0) is 36.1 Å². The number of hydrogen-bond acceptors (Lipinski definition) is 3. The quantitative estimate of drug-likeness (QED) is 0.449. The van der Waals surface area contributed by atoms with Crippen LogP contribution in [-0.4, -0.2) is 16.6 Å². The van der Waals surface area contributed by atoms with Gasteiger partial charge >= 0.3 is 6.11 Å². The lowest BCUT2D eigenvalue weighted by Gasteiger charge is -2.17. The summed E-state index contributed by atoms with van der Waals surface area (Å²) in [4.78, 5) is 6.91. The second-order valence-corrected chi connectivity index (χ2v) is 6.22. The van der Waals surface area contributed by atoms with Crippen LogP contribution in [0.2, 0.25) is 0 Å². The Hall–Kier alpha value is -3.17. The topological polar surface area (TPSA) is 35.0 Å². The van der Waals surface area contributed by atoms with Crippen LogP contribution in [0, 0.1) is 23.3 Å². The molecule has 0 saturated carbocycles. The van der Waals surface area contributed by atoms with Crippen LogP contribution in [0.25, 0.3) is 11.1 Å². The number of aryl methyl sites for hydroxylation is 1. The van der Waals surface area contributed by atoms with Gasteiger partial charge in [0.15, 0.2) is 11.6 Å². The molecular weight excluding hydrogens is 417 g/mol. The Morgan fingerprint density at radius 1 is 0.833 bits per heavy atom. The van der Waals surface area contributed by atoms with E-state index in [9.17, 15) is 30.7 Å². The maximum Gasteiger partial charge on any atom is 0.462 e. The molecule has 0 amide bonds. The van der Waals surface area contributed by atoms with Crippen molar-refractivity contribution in [3.63, 3.8) is 0 Å². The molecule has 0 fully saturated rings. The van der Waals surface area contributed by atoms with Gasteiger partial charge in [-0.1, -0.05) is 6.07 Å². The Morgan fingerprint density at radius 2 is 1.47 bits per heavy atom. The first-order valence-corrected chi connectivity index (χ1v) is 8.60. The normalized spacial score (nSPS) is 11.6. The molecule has 30 heavy (non-hydrogen) atoms. The van der Waals surface area contributed by atoms with Crippen molar-refractivity contribution in [2.45, 2.75) is 19.0 Å². The largest absolute Gasteiger partial charge is 0.462 e. The van der Waals surface area contributed by atoms with Gasteiger partial charge in [-0.25, -0.2) is 27.5 Å². The Labute approximate surface area is 166 Å². The molecule has 0 atom stereocenters. The first kappa shape index (κ1) is 21.5. The van der Waals surface area contributed by atoms with Crippen LogP contribution in [-0.2, 0) is 12.5 Å². The van der Waals surface area contributed by atoms with Crippen LogP contribution in [0.15, 0.2) is 42.7 Å². The second-order valence-electron chi connectivity index (χ2n) is 6.22. The predicted octanol–water partition coefficient (Wildman–Crippen LogP) is 5.73. The smallest absolute Gasteiger partial charge is 0.426 e. The summed E-state index contributed by atoms with van der Waals surface area (Å²) >= 11 is 0. The number of alkyl halides is 3. The molecular formula is C20H13F7N2O. The van der Waals surface area contributed by atoms with Crippen molar-refractivity contribution in [3.05, 3.63) is 77.4 Å². The first-order chi connectivity index (χ1) is 14.2. The monoisotopic (exact) mass is 430 g/mol. The van der Waals surface area contributed by atoms with E-state index in [0.717, 1.165) is 18.5 Å². The summed E-state index contributed by atoms with van der Waals surface area (Å²) in [5, 5.41) is 0. The minimum Gasteiger partial charge on any atom is -0.426 e. The number of ether oxygens (including phenoxy) is 1. The molecule has 0 bridgehead atoms. The van der Waals surface area contributed by atoms with Crippen molar-refractivity contribution in [2.75, 3.05) is 6.67 Å². The Morgan fingerprint density at radius 3 is 2.03 bits per heavy atom. The van der Waals surface area contributed by atoms with E-state index in [0.29, 0.717) is 29.8 Å². The molecule has 0 saturated heterocycles. The Kier molecular flexibility index (Phi) is 6.23. The summed E-state index contributed by atoms with van der Waals surface area (Å²) < 4.78 is 100. The van der Waals surface area contributed by atoms with Gasteiger partial charge in [0.2, 0.25) is 5.82 Å². The van der Waals surface area contributed by atoms with Gasteiger partial charge in [-0.2, -0.15) is 8.78 Å². The lowest BCUT2D eigenvalue weighted by Crippen LogP contribution is -2.25. The predicted molar refractivity (Wildman–Crippen MR) is 92.6 cm³/mol. The Bertz CT molecular complexity index is 1020. The van der Waals surface area contributed by atoms with Gasteiger partial charge in [0.25, 0.3) is 0 Å². The fraction of sp³-hybridized carbons (Fsp3) is 0.200. The van der Waals surface area contributed by atoms with Crippen molar-refractivity contribution < 1.29 is 35.5 Å². The highest BCUT2D eigenvalue weighted by Crippen LogP contribution is 2.34. The number of benzene rings is 2. The number of nitrogens with zero attached hydrogens (tertiary/aromatic N) is 2. The third-order valence-corrected chi connectivity index (χ3v) is 4.03. The number of hydrogen-bond donors (Lipinski definition) is 0. The third kappa shape index (κ3) is 4.69. The average Bonchev–Trinajstić information content (AvgIpc) is 2.68. The molecule has 0 spiro atoms. The molecule has 10 heteroatoms. The molecule has 0 aliphatic heterocycles. The van der Waals surface area contributed by atoms with Crippen molar-refractivity contribution in [1.29, 1.82) is 0 Å². The molecule has 3 aromatic rings. The van der Waals surface area contributed by atoms with Gasteiger partial charge in [-0.3, -0.25) is 4.39 Å². The first-order valence-electron chi connectivity index (χ1n) is 8.60. The zero-order valence-electron chi connectivity index (χ0n) is 15.1. The summed E-state index contributed by atoms with van der Waals surface area (Å²) in [5.41, 5.74) is -0.632. The maximum atomic E-state index is 14.3. The lowest BCUT2D eigenvalue weighted by atomic mass is 10.0. The van der Waals surface area contributed by atoms with E-state index in [1.807, 2.05) is 0 Å². The highest BCUT2D eigenvalue weighted by molar-refractivity contribution is 5.66. The van der Waals surface area contributed by atoms with Crippen molar-refractivity contribution in [2.24, 2.45) is 0 Å². The van der Waals surface area contributed by atoms with Crippen LogP contribution in [0.5, 0.6) is 5.75 Å². The lowest BCUT2D eigenvalue weighted by molar-refractivity contribution is -0.192. The second kappa shape index (κ2) is 8.68. The van der Waals surface area contributed by atoms with E-state index < -0.39 is 53.2 Å².